The molecule has 1 N–H and O–H groups in total. The first-order valence-electron chi connectivity index (χ1n) is 5.88. The molecule has 21 heavy (non-hydrogen) atoms. The van der Waals surface area contributed by atoms with E-state index in [4.69, 9.17) is 0 Å². The molecule has 8 heteroatoms. The average molecular weight is 323 g/mol. The molecule has 0 spiro atoms. The van der Waals surface area contributed by atoms with Gasteiger partial charge in [-0.15, -0.1) is 11.8 Å². The van der Waals surface area contributed by atoms with E-state index in [1.165, 1.54) is 30.1 Å². The highest BCUT2D eigenvalue weighted by Gasteiger charge is 2.20. The Labute approximate surface area is 126 Å². The Balaban J connectivity index is 2.28. The number of rotatable bonds is 4. The molecule has 0 atom stereocenters. The van der Waals surface area contributed by atoms with Crippen LogP contribution in [0.15, 0.2) is 46.5 Å². The van der Waals surface area contributed by atoms with Crippen molar-refractivity contribution in [2.24, 2.45) is 0 Å². The van der Waals surface area contributed by atoms with Gasteiger partial charge in [0.2, 0.25) is 0 Å². The second-order valence-corrected chi connectivity index (χ2v) is 7.02. The number of carbonyl (C=O) groups is 1. The number of amides is 1. The zero-order chi connectivity index (χ0) is 15.5. The van der Waals surface area contributed by atoms with Crippen molar-refractivity contribution in [3.05, 3.63) is 42.4 Å². The van der Waals surface area contributed by atoms with Gasteiger partial charge in [-0.1, -0.05) is 0 Å². The lowest BCUT2D eigenvalue weighted by Crippen LogP contribution is -2.18. The normalized spacial score (nSPS) is 11.1. The van der Waals surface area contributed by atoms with E-state index in [1.54, 1.807) is 12.3 Å². The van der Waals surface area contributed by atoms with Crippen LogP contribution in [0, 0.1) is 0 Å². The molecule has 2 aromatic rings. The molecule has 1 amide bonds. The van der Waals surface area contributed by atoms with Crippen molar-refractivity contribution < 1.29 is 13.2 Å². The molecule has 0 radical (unpaired) electrons. The van der Waals surface area contributed by atoms with Crippen LogP contribution in [0.1, 0.15) is 10.5 Å². The van der Waals surface area contributed by atoms with Crippen LogP contribution in [-0.2, 0) is 9.84 Å². The predicted octanol–water partition coefficient (Wildman–Crippen LogP) is 1.85. The molecule has 0 fully saturated rings. The summed E-state index contributed by atoms with van der Waals surface area (Å²) in [5.41, 5.74) is -0.143. The Bertz CT molecular complexity index is 758. The Hall–Kier alpha value is -1.93. The molecule has 2 rings (SSSR count). The Kier molecular flexibility index (Phi) is 4.59. The summed E-state index contributed by atoms with van der Waals surface area (Å²) in [6.07, 6.45) is 5.94. The van der Waals surface area contributed by atoms with Crippen molar-refractivity contribution in [3.8, 4) is 0 Å². The van der Waals surface area contributed by atoms with Crippen LogP contribution in [0.25, 0.3) is 0 Å². The Morgan fingerprint density at radius 3 is 2.57 bits per heavy atom. The summed E-state index contributed by atoms with van der Waals surface area (Å²) in [4.78, 5) is 20.9. The van der Waals surface area contributed by atoms with E-state index in [2.05, 4.69) is 15.3 Å². The summed E-state index contributed by atoms with van der Waals surface area (Å²) in [6.45, 7) is 0. The van der Waals surface area contributed by atoms with Gasteiger partial charge in [0, 0.05) is 23.5 Å². The fourth-order valence-electron chi connectivity index (χ4n) is 1.61. The van der Waals surface area contributed by atoms with Gasteiger partial charge in [-0.3, -0.25) is 4.79 Å². The molecule has 0 unspecified atom stereocenters. The maximum absolute atomic E-state index is 12.2. The average Bonchev–Trinajstić information content (AvgIpc) is 2.47. The summed E-state index contributed by atoms with van der Waals surface area (Å²) in [5, 5.41) is 2.54. The van der Waals surface area contributed by atoms with Gasteiger partial charge in [-0.05, 0) is 30.5 Å². The zero-order valence-electron chi connectivity index (χ0n) is 11.4. The van der Waals surface area contributed by atoms with Gasteiger partial charge in [0.15, 0.2) is 9.84 Å². The molecular formula is C13H13N3O3S2. The summed E-state index contributed by atoms with van der Waals surface area (Å²) in [7, 11) is -3.53. The summed E-state index contributed by atoms with van der Waals surface area (Å²) in [5.74, 6) is -0.275. The van der Waals surface area contributed by atoms with Gasteiger partial charge in [0.25, 0.3) is 5.91 Å². The van der Waals surface area contributed by atoms with Gasteiger partial charge < -0.3 is 5.32 Å². The number of anilines is 1. The number of pyridine rings is 2. The van der Waals surface area contributed by atoms with Gasteiger partial charge in [-0.25, -0.2) is 18.4 Å². The maximum atomic E-state index is 12.2. The molecule has 0 bridgehead atoms. The van der Waals surface area contributed by atoms with Crippen LogP contribution < -0.4 is 5.32 Å². The van der Waals surface area contributed by atoms with Gasteiger partial charge in [0.1, 0.15) is 11.5 Å². The molecule has 2 heterocycles. The highest BCUT2D eigenvalue weighted by Crippen LogP contribution is 2.17. The highest BCUT2D eigenvalue weighted by molar-refractivity contribution is 7.98. The van der Waals surface area contributed by atoms with Crippen LogP contribution in [0.5, 0.6) is 0 Å². The number of aromatic nitrogens is 2. The van der Waals surface area contributed by atoms with Gasteiger partial charge >= 0.3 is 0 Å². The van der Waals surface area contributed by atoms with Crippen LogP contribution in [0.2, 0.25) is 0 Å². The van der Waals surface area contributed by atoms with E-state index in [9.17, 15) is 13.2 Å². The zero-order valence-corrected chi connectivity index (χ0v) is 13.0. The minimum atomic E-state index is -3.53. The van der Waals surface area contributed by atoms with E-state index < -0.39 is 15.7 Å². The molecule has 0 aliphatic carbocycles. The van der Waals surface area contributed by atoms with E-state index >= 15 is 0 Å². The van der Waals surface area contributed by atoms with Crippen LogP contribution in [0.3, 0.4) is 0 Å². The predicted molar refractivity (Wildman–Crippen MR) is 81.3 cm³/mol. The number of carbonyl (C=O) groups excluding carboxylic acids is 1. The molecule has 0 aliphatic heterocycles. The topological polar surface area (TPSA) is 89.0 Å². The molecular weight excluding hydrogens is 310 g/mol. The summed E-state index contributed by atoms with van der Waals surface area (Å²) < 4.78 is 23.3. The smallest absolute Gasteiger partial charge is 0.276 e. The first-order valence-corrected chi connectivity index (χ1v) is 9.00. The van der Waals surface area contributed by atoms with E-state index in [0.717, 1.165) is 11.2 Å². The largest absolute Gasteiger partial charge is 0.305 e. The highest BCUT2D eigenvalue weighted by atomic mass is 32.2. The van der Waals surface area contributed by atoms with E-state index in [0.29, 0.717) is 5.82 Å². The molecule has 6 nitrogen and oxygen atoms in total. The minimum Gasteiger partial charge on any atom is -0.305 e. The first-order chi connectivity index (χ1) is 9.91. The van der Waals surface area contributed by atoms with Gasteiger partial charge in [-0.2, -0.15) is 0 Å². The molecule has 2 aromatic heterocycles. The number of nitrogens with one attached hydrogen (secondary N) is 1. The van der Waals surface area contributed by atoms with Crippen molar-refractivity contribution in [1.82, 2.24) is 9.97 Å². The number of hydrogen-bond acceptors (Lipinski definition) is 6. The molecule has 110 valence electrons. The first kappa shape index (κ1) is 15.5. The second-order valence-electron chi connectivity index (χ2n) is 4.16. The van der Waals surface area contributed by atoms with Crippen LogP contribution in [-0.4, -0.2) is 36.8 Å². The van der Waals surface area contributed by atoms with Crippen molar-refractivity contribution in [2.45, 2.75) is 9.79 Å². The minimum absolute atomic E-state index is 0.108. The lowest BCUT2D eigenvalue weighted by molar-refractivity contribution is 0.101. The van der Waals surface area contributed by atoms with Crippen molar-refractivity contribution >= 4 is 33.3 Å². The summed E-state index contributed by atoms with van der Waals surface area (Å²) >= 11 is 1.53. The van der Waals surface area contributed by atoms with E-state index in [1.807, 2.05) is 12.3 Å². The maximum Gasteiger partial charge on any atom is 0.276 e. The molecule has 0 saturated heterocycles. The van der Waals surface area contributed by atoms with E-state index in [-0.39, 0.29) is 10.6 Å². The fraction of sp³-hybridized carbons (Fsp3) is 0.154. The molecule has 0 saturated carbocycles. The molecule has 0 aliphatic rings. The number of hydrogen-bond donors (Lipinski definition) is 1. The number of nitrogens with zero attached hydrogens (tertiary/aromatic N) is 2. The SMILES string of the molecule is CSc1ccc(NC(=O)c2ncccc2S(C)(=O)=O)nc1. The molecule has 0 aromatic carbocycles. The van der Waals surface area contributed by atoms with Crippen LogP contribution >= 0.6 is 11.8 Å². The van der Waals surface area contributed by atoms with Crippen molar-refractivity contribution in [2.75, 3.05) is 17.8 Å². The third-order valence-corrected chi connectivity index (χ3v) is 4.44. The van der Waals surface area contributed by atoms with Crippen LogP contribution in [0.4, 0.5) is 5.82 Å². The quantitative estimate of drug-likeness (QED) is 0.864. The number of sulfone groups is 1. The van der Waals surface area contributed by atoms with Gasteiger partial charge in [0.05, 0.1) is 4.90 Å². The third kappa shape index (κ3) is 3.79. The monoisotopic (exact) mass is 323 g/mol. The Morgan fingerprint density at radius 1 is 1.24 bits per heavy atom. The Morgan fingerprint density at radius 2 is 2.00 bits per heavy atom. The standard InChI is InChI=1S/C13H13N3O3S2/c1-20-9-5-6-11(15-8-9)16-13(17)12-10(21(2,18)19)4-3-7-14-12/h3-8H,1-2H3,(H,15,16,17). The van der Waals surface area contributed by atoms with Crippen molar-refractivity contribution in [1.29, 1.82) is 0 Å². The lowest BCUT2D eigenvalue weighted by Gasteiger charge is -2.07. The number of thioether (sulfide) groups is 1. The fourth-order valence-corrected chi connectivity index (χ4v) is 2.80. The lowest BCUT2D eigenvalue weighted by atomic mass is 10.3. The third-order valence-electron chi connectivity index (χ3n) is 2.60. The second kappa shape index (κ2) is 6.23. The summed E-state index contributed by atoms with van der Waals surface area (Å²) in [6, 6.07) is 6.27. The van der Waals surface area contributed by atoms with Crippen molar-refractivity contribution in [3.63, 3.8) is 0 Å².